The van der Waals surface area contributed by atoms with Crippen molar-refractivity contribution in [2.75, 3.05) is 11.9 Å². The highest BCUT2D eigenvalue weighted by molar-refractivity contribution is 7.20. The van der Waals surface area contributed by atoms with Gasteiger partial charge >= 0.3 is 5.97 Å². The summed E-state index contributed by atoms with van der Waals surface area (Å²) in [7, 11) is 0. The highest BCUT2D eigenvalue weighted by Crippen LogP contribution is 2.29. The molecule has 2 aromatic rings. The molecule has 126 valence electrons. The van der Waals surface area contributed by atoms with Gasteiger partial charge in [0.1, 0.15) is 4.88 Å². The first-order valence-corrected chi connectivity index (χ1v) is 8.69. The number of amides is 2. The smallest absolute Gasteiger partial charge is 0.345 e. The van der Waals surface area contributed by atoms with Crippen LogP contribution in [0.4, 0.5) is 5.69 Å². The minimum Gasteiger partial charge on any atom is -0.477 e. The summed E-state index contributed by atoms with van der Waals surface area (Å²) in [5, 5.41) is 15.4. The first-order chi connectivity index (χ1) is 11.5. The Kier molecular flexibility index (Phi) is 4.80. The third-order valence-corrected chi connectivity index (χ3v) is 4.94. The standard InChI is InChI=1S/C17H18N2O4S/c20-15(2-1-7-18-16(21)10-3-4-10)19-12-5-6-13-11(8-12)9-14(24-13)17(22)23/h5-6,8-10H,1-4,7H2,(H,18,21)(H,19,20)(H,22,23). The molecule has 1 heterocycles. The first-order valence-electron chi connectivity index (χ1n) is 7.87. The van der Waals surface area contributed by atoms with E-state index in [-0.39, 0.29) is 22.6 Å². The van der Waals surface area contributed by atoms with Gasteiger partial charge in [-0.25, -0.2) is 4.79 Å². The molecule has 1 aromatic heterocycles. The summed E-state index contributed by atoms with van der Waals surface area (Å²) in [6.07, 6.45) is 2.86. The number of carbonyl (C=O) groups excluding carboxylic acids is 2. The zero-order chi connectivity index (χ0) is 17.1. The van der Waals surface area contributed by atoms with Gasteiger partial charge in [-0.3, -0.25) is 9.59 Å². The maximum absolute atomic E-state index is 11.9. The lowest BCUT2D eigenvalue weighted by Gasteiger charge is -2.06. The number of fused-ring (bicyclic) bond motifs is 1. The number of carbonyl (C=O) groups is 3. The Hall–Kier alpha value is -2.41. The number of nitrogens with one attached hydrogen (secondary N) is 2. The predicted octanol–water partition coefficient (Wildman–Crippen LogP) is 2.84. The molecule has 1 saturated carbocycles. The molecule has 0 unspecified atom stereocenters. The van der Waals surface area contributed by atoms with Crippen LogP contribution in [0.25, 0.3) is 10.1 Å². The van der Waals surface area contributed by atoms with Gasteiger partial charge in [-0.1, -0.05) is 0 Å². The molecule has 0 radical (unpaired) electrons. The van der Waals surface area contributed by atoms with Gasteiger partial charge in [-0.05, 0) is 48.9 Å². The van der Waals surface area contributed by atoms with Crippen molar-refractivity contribution >= 4 is 44.9 Å². The second-order valence-corrected chi connectivity index (χ2v) is 6.97. The topological polar surface area (TPSA) is 95.5 Å². The number of rotatable bonds is 7. The van der Waals surface area contributed by atoms with Crippen molar-refractivity contribution < 1.29 is 19.5 Å². The SMILES string of the molecule is O=C(CCCNC(=O)C1CC1)Nc1ccc2sc(C(=O)O)cc2c1. The number of hydrogen-bond donors (Lipinski definition) is 3. The van der Waals surface area contributed by atoms with Crippen LogP contribution >= 0.6 is 11.3 Å². The number of benzene rings is 1. The molecular formula is C17H18N2O4S. The molecule has 2 amide bonds. The second-order valence-electron chi connectivity index (χ2n) is 5.89. The minimum atomic E-state index is -0.949. The van der Waals surface area contributed by atoms with Crippen molar-refractivity contribution in [2.24, 2.45) is 5.92 Å². The summed E-state index contributed by atoms with van der Waals surface area (Å²) in [5.41, 5.74) is 0.643. The summed E-state index contributed by atoms with van der Waals surface area (Å²) in [6.45, 7) is 0.508. The Balaban J connectivity index is 1.49. The zero-order valence-corrected chi connectivity index (χ0v) is 13.8. The van der Waals surface area contributed by atoms with E-state index in [1.807, 2.05) is 0 Å². The van der Waals surface area contributed by atoms with Gasteiger partial charge in [0.05, 0.1) is 0 Å². The minimum absolute atomic E-state index is 0.0903. The fraction of sp³-hybridized carbons (Fsp3) is 0.353. The molecule has 1 aliphatic carbocycles. The number of anilines is 1. The molecule has 1 aromatic carbocycles. The first kappa shape index (κ1) is 16.4. The van der Waals surface area contributed by atoms with Gasteiger partial charge in [0.2, 0.25) is 11.8 Å². The second kappa shape index (κ2) is 7.00. The van der Waals surface area contributed by atoms with E-state index in [9.17, 15) is 14.4 Å². The highest BCUT2D eigenvalue weighted by atomic mass is 32.1. The maximum atomic E-state index is 11.9. The van der Waals surface area contributed by atoms with Crippen LogP contribution in [0, 0.1) is 5.92 Å². The lowest BCUT2D eigenvalue weighted by atomic mass is 10.2. The van der Waals surface area contributed by atoms with E-state index in [1.165, 1.54) is 11.3 Å². The number of carboxylic acids is 1. The average Bonchev–Trinajstić information content (AvgIpc) is 3.30. The zero-order valence-electron chi connectivity index (χ0n) is 13.0. The van der Waals surface area contributed by atoms with Gasteiger partial charge in [0, 0.05) is 29.3 Å². The number of thiophene rings is 1. The quantitative estimate of drug-likeness (QED) is 0.672. The fourth-order valence-electron chi connectivity index (χ4n) is 2.40. The lowest BCUT2D eigenvalue weighted by Crippen LogP contribution is -2.26. The van der Waals surface area contributed by atoms with Crippen LogP contribution in [0.1, 0.15) is 35.4 Å². The van der Waals surface area contributed by atoms with Crippen LogP contribution in [-0.2, 0) is 9.59 Å². The van der Waals surface area contributed by atoms with E-state index in [2.05, 4.69) is 10.6 Å². The molecule has 24 heavy (non-hydrogen) atoms. The van der Waals surface area contributed by atoms with E-state index in [0.29, 0.717) is 25.1 Å². The van der Waals surface area contributed by atoms with Crippen LogP contribution in [0.2, 0.25) is 0 Å². The van der Waals surface area contributed by atoms with Gasteiger partial charge in [0.15, 0.2) is 0 Å². The fourth-order valence-corrected chi connectivity index (χ4v) is 3.28. The predicted molar refractivity (Wildman–Crippen MR) is 92.4 cm³/mol. The Morgan fingerprint density at radius 1 is 1.21 bits per heavy atom. The molecule has 0 saturated heterocycles. The molecule has 1 fully saturated rings. The van der Waals surface area contributed by atoms with E-state index < -0.39 is 5.97 Å². The van der Waals surface area contributed by atoms with E-state index in [0.717, 1.165) is 22.9 Å². The summed E-state index contributed by atoms with van der Waals surface area (Å²) in [4.78, 5) is 34.7. The Bertz CT molecular complexity index is 795. The van der Waals surface area contributed by atoms with Crippen molar-refractivity contribution in [1.29, 1.82) is 0 Å². The van der Waals surface area contributed by atoms with Gasteiger partial charge in [0.25, 0.3) is 0 Å². The molecular weight excluding hydrogens is 328 g/mol. The summed E-state index contributed by atoms with van der Waals surface area (Å²) < 4.78 is 0.869. The van der Waals surface area contributed by atoms with Crippen LogP contribution in [-0.4, -0.2) is 29.4 Å². The van der Waals surface area contributed by atoms with Crippen LogP contribution in [0.5, 0.6) is 0 Å². The third kappa shape index (κ3) is 4.11. The number of carboxylic acid groups (broad SMARTS) is 1. The molecule has 0 bridgehead atoms. The van der Waals surface area contributed by atoms with Crippen molar-refractivity contribution in [1.82, 2.24) is 5.32 Å². The molecule has 1 aliphatic rings. The molecule has 7 heteroatoms. The van der Waals surface area contributed by atoms with Crippen molar-refractivity contribution in [3.05, 3.63) is 29.1 Å². The molecule has 0 spiro atoms. The van der Waals surface area contributed by atoms with Crippen molar-refractivity contribution in [2.45, 2.75) is 25.7 Å². The highest BCUT2D eigenvalue weighted by Gasteiger charge is 2.28. The summed E-state index contributed by atoms with van der Waals surface area (Å²) in [6, 6.07) is 6.94. The monoisotopic (exact) mass is 346 g/mol. The number of aromatic carboxylic acids is 1. The molecule has 3 N–H and O–H groups in total. The maximum Gasteiger partial charge on any atom is 0.345 e. The Morgan fingerprint density at radius 3 is 2.71 bits per heavy atom. The van der Waals surface area contributed by atoms with Gasteiger partial charge < -0.3 is 15.7 Å². The Morgan fingerprint density at radius 2 is 2.00 bits per heavy atom. The average molecular weight is 346 g/mol. The summed E-state index contributed by atoms with van der Waals surface area (Å²) in [5.74, 6) is -0.793. The van der Waals surface area contributed by atoms with E-state index in [1.54, 1.807) is 24.3 Å². The largest absolute Gasteiger partial charge is 0.477 e. The van der Waals surface area contributed by atoms with Crippen LogP contribution in [0.15, 0.2) is 24.3 Å². The molecule has 3 rings (SSSR count). The van der Waals surface area contributed by atoms with E-state index in [4.69, 9.17) is 5.11 Å². The van der Waals surface area contributed by atoms with Crippen molar-refractivity contribution in [3.8, 4) is 0 Å². The lowest BCUT2D eigenvalue weighted by molar-refractivity contribution is -0.122. The normalized spacial score (nSPS) is 13.7. The molecule has 0 atom stereocenters. The van der Waals surface area contributed by atoms with Crippen molar-refractivity contribution in [3.63, 3.8) is 0 Å². The summed E-state index contributed by atoms with van der Waals surface area (Å²) >= 11 is 1.21. The van der Waals surface area contributed by atoms with Gasteiger partial charge in [-0.15, -0.1) is 11.3 Å². The third-order valence-electron chi connectivity index (χ3n) is 3.84. The van der Waals surface area contributed by atoms with Crippen LogP contribution < -0.4 is 10.6 Å². The van der Waals surface area contributed by atoms with E-state index >= 15 is 0 Å². The molecule has 6 nitrogen and oxygen atoms in total. The number of hydrogen-bond acceptors (Lipinski definition) is 4. The van der Waals surface area contributed by atoms with Gasteiger partial charge in [-0.2, -0.15) is 0 Å². The van der Waals surface area contributed by atoms with Crippen LogP contribution in [0.3, 0.4) is 0 Å². The molecule has 0 aliphatic heterocycles. The Labute approximate surface area is 142 Å².